The van der Waals surface area contributed by atoms with Gasteiger partial charge in [-0.2, -0.15) is 0 Å². The fourth-order valence-electron chi connectivity index (χ4n) is 2.62. The van der Waals surface area contributed by atoms with Gasteiger partial charge in [0, 0.05) is 20.1 Å². The summed E-state index contributed by atoms with van der Waals surface area (Å²) in [4.78, 5) is 4.60. The van der Waals surface area contributed by atoms with Gasteiger partial charge in [-0.15, -0.1) is 16.8 Å². The van der Waals surface area contributed by atoms with Crippen molar-refractivity contribution >= 4 is 5.96 Å². The van der Waals surface area contributed by atoms with Crippen LogP contribution in [0.4, 0.5) is 0 Å². The van der Waals surface area contributed by atoms with E-state index < -0.39 is 0 Å². The first-order valence-electron chi connectivity index (χ1n) is 8.54. The van der Waals surface area contributed by atoms with Crippen LogP contribution in [0.25, 0.3) is 0 Å². The van der Waals surface area contributed by atoms with E-state index in [-0.39, 0.29) is 0 Å². The molecule has 2 aromatic rings. The first-order valence-corrected chi connectivity index (χ1v) is 8.54. The van der Waals surface area contributed by atoms with E-state index in [4.69, 9.17) is 0 Å². The van der Waals surface area contributed by atoms with Crippen molar-refractivity contribution in [2.45, 2.75) is 33.7 Å². The van der Waals surface area contributed by atoms with E-state index >= 15 is 0 Å². The largest absolute Gasteiger partial charge is 0.356 e. The highest BCUT2D eigenvalue weighted by Gasteiger charge is 2.05. The Bertz CT molecular complexity index is 724. The Morgan fingerprint density at radius 3 is 2.48 bits per heavy atom. The lowest BCUT2D eigenvalue weighted by molar-refractivity contribution is 0.757. The predicted octanol–water partition coefficient (Wildman–Crippen LogP) is 2.20. The van der Waals surface area contributed by atoms with Crippen LogP contribution < -0.4 is 10.6 Å². The summed E-state index contributed by atoms with van der Waals surface area (Å²) in [6, 6.07) is 6.65. The molecule has 2 rings (SSSR count). The van der Waals surface area contributed by atoms with Gasteiger partial charge in [-0.3, -0.25) is 0 Å². The first-order chi connectivity index (χ1) is 12.0. The Labute approximate surface area is 150 Å². The Morgan fingerprint density at radius 1 is 1.16 bits per heavy atom. The van der Waals surface area contributed by atoms with Crippen LogP contribution in [0.2, 0.25) is 0 Å². The Morgan fingerprint density at radius 2 is 1.88 bits per heavy atom. The summed E-state index contributed by atoms with van der Waals surface area (Å²) in [5.41, 5.74) is 3.93. The molecule has 0 amide bonds. The summed E-state index contributed by atoms with van der Waals surface area (Å²) >= 11 is 0. The van der Waals surface area contributed by atoms with Crippen LogP contribution in [0.15, 0.2) is 35.8 Å². The summed E-state index contributed by atoms with van der Waals surface area (Å²) in [7, 11) is 1.95. The van der Waals surface area contributed by atoms with Gasteiger partial charge in [0.1, 0.15) is 12.4 Å². The average molecular weight is 340 g/mol. The summed E-state index contributed by atoms with van der Waals surface area (Å²) in [5, 5.41) is 14.8. The van der Waals surface area contributed by atoms with Crippen molar-refractivity contribution in [2.24, 2.45) is 12.0 Å². The highest BCUT2D eigenvalue weighted by Crippen LogP contribution is 2.09. The molecule has 0 fully saturated rings. The third-order valence-corrected chi connectivity index (χ3v) is 3.96. The predicted molar refractivity (Wildman–Crippen MR) is 103 cm³/mol. The second-order valence-corrected chi connectivity index (χ2v) is 6.23. The molecule has 1 aromatic heterocycles. The number of aliphatic imine (C=N–C) groups is 1. The number of benzene rings is 1. The molecule has 0 saturated carbocycles. The lowest BCUT2D eigenvalue weighted by Crippen LogP contribution is -2.38. The highest BCUT2D eigenvalue weighted by molar-refractivity contribution is 5.79. The van der Waals surface area contributed by atoms with Crippen LogP contribution >= 0.6 is 0 Å². The van der Waals surface area contributed by atoms with E-state index in [1.807, 2.05) is 24.6 Å². The van der Waals surface area contributed by atoms with Gasteiger partial charge < -0.3 is 15.2 Å². The minimum absolute atomic E-state index is 0.480. The number of rotatable bonds is 7. The molecule has 0 saturated heterocycles. The van der Waals surface area contributed by atoms with Crippen LogP contribution in [-0.4, -0.2) is 33.8 Å². The molecule has 0 aliphatic heterocycles. The maximum absolute atomic E-state index is 4.60. The molecule has 0 atom stereocenters. The molecule has 25 heavy (non-hydrogen) atoms. The zero-order chi connectivity index (χ0) is 18.2. The Kier molecular flexibility index (Phi) is 6.74. The van der Waals surface area contributed by atoms with Crippen molar-refractivity contribution < 1.29 is 0 Å². The van der Waals surface area contributed by atoms with Crippen molar-refractivity contribution in [1.82, 2.24) is 25.4 Å². The molecule has 0 unspecified atom stereocenters. The number of hydrogen-bond donors (Lipinski definition) is 2. The number of hydrogen-bond acceptors (Lipinski definition) is 3. The second-order valence-electron chi connectivity index (χ2n) is 6.23. The number of aryl methyl sites for hydroxylation is 3. The van der Waals surface area contributed by atoms with Gasteiger partial charge in [0.25, 0.3) is 0 Å². The summed E-state index contributed by atoms with van der Waals surface area (Å²) in [6.07, 6.45) is 2.76. The van der Waals surface area contributed by atoms with Gasteiger partial charge >= 0.3 is 0 Å². The summed E-state index contributed by atoms with van der Waals surface area (Å²) in [5.74, 6) is 2.48. The molecule has 6 nitrogen and oxygen atoms in total. The van der Waals surface area contributed by atoms with Crippen LogP contribution in [0.1, 0.15) is 28.3 Å². The first kappa shape index (κ1) is 18.7. The molecular formula is C19H28N6. The van der Waals surface area contributed by atoms with Gasteiger partial charge in [-0.25, -0.2) is 4.99 Å². The van der Waals surface area contributed by atoms with Crippen molar-refractivity contribution in [2.75, 3.05) is 13.1 Å². The number of aromatic nitrogens is 3. The number of nitrogens with one attached hydrogen (secondary N) is 2. The van der Waals surface area contributed by atoms with Crippen LogP contribution in [-0.2, 0) is 20.0 Å². The molecule has 0 bridgehead atoms. The molecular weight excluding hydrogens is 312 g/mol. The quantitative estimate of drug-likeness (QED) is 0.461. The van der Waals surface area contributed by atoms with E-state index in [1.54, 1.807) is 0 Å². The zero-order valence-corrected chi connectivity index (χ0v) is 15.6. The Hall–Kier alpha value is -2.63. The summed E-state index contributed by atoms with van der Waals surface area (Å²) < 4.78 is 1.95. The van der Waals surface area contributed by atoms with Gasteiger partial charge in [-0.05, 0) is 32.8 Å². The van der Waals surface area contributed by atoms with Gasteiger partial charge in [0.05, 0.1) is 0 Å². The molecule has 0 aliphatic rings. The maximum Gasteiger partial charge on any atom is 0.191 e. The van der Waals surface area contributed by atoms with E-state index in [0.29, 0.717) is 13.1 Å². The Balaban J connectivity index is 1.95. The molecule has 2 N–H and O–H groups in total. The maximum atomic E-state index is 4.60. The normalized spacial score (nSPS) is 11.4. The molecule has 0 spiro atoms. The molecule has 1 heterocycles. The fraction of sp³-hybridized carbons (Fsp3) is 0.421. The van der Waals surface area contributed by atoms with E-state index in [1.165, 1.54) is 16.7 Å². The van der Waals surface area contributed by atoms with E-state index in [9.17, 15) is 0 Å². The van der Waals surface area contributed by atoms with Gasteiger partial charge in [0.15, 0.2) is 11.8 Å². The second kappa shape index (κ2) is 9.01. The minimum atomic E-state index is 0.480. The molecule has 1 aromatic carbocycles. The lowest BCUT2D eigenvalue weighted by Gasteiger charge is -2.12. The smallest absolute Gasteiger partial charge is 0.191 e. The van der Waals surface area contributed by atoms with Crippen molar-refractivity contribution in [3.63, 3.8) is 0 Å². The monoisotopic (exact) mass is 340 g/mol. The average Bonchev–Trinajstić information content (AvgIpc) is 2.88. The van der Waals surface area contributed by atoms with Crippen molar-refractivity contribution in [1.29, 1.82) is 0 Å². The highest BCUT2D eigenvalue weighted by atomic mass is 15.3. The third-order valence-electron chi connectivity index (χ3n) is 3.96. The van der Waals surface area contributed by atoms with Crippen LogP contribution in [0, 0.1) is 20.8 Å². The standard InChI is InChI=1S/C19H28N6/c1-6-8-20-19(22-13-18-24-23-16(4)25(18)5)21-9-7-17-11-14(2)10-15(3)12-17/h6,10-12H,1,7-9,13H2,2-5H3,(H2,20,21,22). The fourth-order valence-corrected chi connectivity index (χ4v) is 2.62. The van der Waals surface area contributed by atoms with Gasteiger partial charge in [-0.1, -0.05) is 35.4 Å². The molecule has 0 aliphatic carbocycles. The SMILES string of the molecule is C=CCNC(=NCc1nnc(C)n1C)NCCc1cc(C)cc(C)c1. The minimum Gasteiger partial charge on any atom is -0.356 e. The van der Waals surface area contributed by atoms with Crippen LogP contribution in [0.3, 0.4) is 0 Å². The van der Waals surface area contributed by atoms with Crippen molar-refractivity contribution in [3.05, 3.63) is 59.2 Å². The zero-order valence-electron chi connectivity index (χ0n) is 15.6. The molecule has 6 heteroatoms. The topological polar surface area (TPSA) is 67.1 Å². The van der Waals surface area contributed by atoms with Gasteiger partial charge in [0.2, 0.25) is 0 Å². The summed E-state index contributed by atoms with van der Waals surface area (Å²) in [6.45, 7) is 11.9. The lowest BCUT2D eigenvalue weighted by atomic mass is 10.1. The van der Waals surface area contributed by atoms with E-state index in [0.717, 1.165) is 30.6 Å². The van der Waals surface area contributed by atoms with Crippen LogP contribution in [0.5, 0.6) is 0 Å². The van der Waals surface area contributed by atoms with Crippen molar-refractivity contribution in [3.8, 4) is 0 Å². The van der Waals surface area contributed by atoms with E-state index in [2.05, 4.69) is 64.4 Å². The number of guanidine groups is 1. The molecule has 0 radical (unpaired) electrons. The third kappa shape index (κ3) is 5.74. The number of nitrogens with zero attached hydrogens (tertiary/aromatic N) is 4. The molecule has 134 valence electrons.